The number of amides is 2. The van der Waals surface area contributed by atoms with Crippen LogP contribution in [-0.4, -0.2) is 105 Å². The zero-order chi connectivity index (χ0) is 50.8. The molecule has 2 heterocycles. The lowest BCUT2D eigenvalue weighted by Crippen LogP contribution is -2.55. The van der Waals surface area contributed by atoms with Crippen molar-refractivity contribution >= 4 is 34.5 Å². The summed E-state index contributed by atoms with van der Waals surface area (Å²) < 4.78 is 22.9. The van der Waals surface area contributed by atoms with E-state index in [-0.39, 0.29) is 42.2 Å². The number of rotatable bonds is 23. The molecule has 3 aromatic carbocycles. The van der Waals surface area contributed by atoms with Crippen LogP contribution in [0.3, 0.4) is 0 Å². The normalized spacial score (nSPS) is 17.7. The Kier molecular flexibility index (Phi) is 19.9. The molecule has 3 aliphatic rings. The fourth-order valence-corrected chi connectivity index (χ4v) is 10.5. The Morgan fingerprint density at radius 3 is 2.31 bits per heavy atom. The fourth-order valence-electron chi connectivity index (χ4n) is 9.58. The molecule has 72 heavy (non-hydrogen) atoms. The molecule has 2 amide bonds. The van der Waals surface area contributed by atoms with E-state index in [0.29, 0.717) is 80.9 Å². The van der Waals surface area contributed by atoms with E-state index in [9.17, 15) is 24.9 Å². The van der Waals surface area contributed by atoms with Crippen molar-refractivity contribution in [2.75, 3.05) is 59.8 Å². The number of likely N-dealkylation sites (N-methyl/N-ethyl adjacent to an activating group) is 1. The van der Waals surface area contributed by atoms with Crippen LogP contribution in [0.1, 0.15) is 115 Å². The first-order valence-electron chi connectivity index (χ1n) is 25.0. The van der Waals surface area contributed by atoms with Gasteiger partial charge >= 0.3 is 0 Å². The second-order valence-electron chi connectivity index (χ2n) is 18.4. The number of likely N-dealkylation sites (tertiary alicyclic amines) is 1. The Bertz CT molecular complexity index is 2740. The summed E-state index contributed by atoms with van der Waals surface area (Å²) in [6.45, 7) is 9.51. The van der Waals surface area contributed by atoms with Gasteiger partial charge in [-0.3, -0.25) is 14.4 Å². The quantitative estimate of drug-likeness (QED) is 0.0372. The largest absolute Gasteiger partial charge is 0.491 e. The second kappa shape index (κ2) is 26.8. The Labute approximate surface area is 427 Å². The summed E-state index contributed by atoms with van der Waals surface area (Å²) >= 11 is 1.39. The van der Waals surface area contributed by atoms with Crippen LogP contribution in [0.15, 0.2) is 94.9 Å². The Morgan fingerprint density at radius 2 is 1.57 bits per heavy atom. The van der Waals surface area contributed by atoms with Crippen molar-refractivity contribution in [3.8, 4) is 29.7 Å². The van der Waals surface area contributed by atoms with Crippen molar-refractivity contribution in [3.63, 3.8) is 0 Å². The number of carbonyl (C=O) groups is 3. The summed E-state index contributed by atoms with van der Waals surface area (Å²) in [5, 5.41) is 31.4. The molecule has 0 spiro atoms. The molecule has 1 saturated carbocycles. The van der Waals surface area contributed by atoms with Gasteiger partial charge in [0.1, 0.15) is 35.7 Å². The van der Waals surface area contributed by atoms with Crippen LogP contribution >= 0.6 is 11.3 Å². The van der Waals surface area contributed by atoms with Gasteiger partial charge in [-0.1, -0.05) is 67.5 Å². The van der Waals surface area contributed by atoms with Crippen LogP contribution in [0.5, 0.6) is 5.75 Å². The van der Waals surface area contributed by atoms with Crippen molar-refractivity contribution in [1.82, 2.24) is 25.8 Å². The predicted molar refractivity (Wildman–Crippen MR) is 277 cm³/mol. The molecule has 7 rings (SSSR count). The van der Waals surface area contributed by atoms with E-state index in [1.165, 1.54) is 11.3 Å². The van der Waals surface area contributed by atoms with Crippen LogP contribution in [0, 0.1) is 40.4 Å². The van der Waals surface area contributed by atoms with Crippen molar-refractivity contribution < 1.29 is 33.3 Å². The summed E-state index contributed by atoms with van der Waals surface area (Å²) in [6, 6.07) is 25.7. The molecule has 0 bridgehead atoms. The van der Waals surface area contributed by atoms with E-state index < -0.39 is 12.1 Å². The molecule has 1 aliphatic heterocycles. The Morgan fingerprint density at radius 1 is 0.833 bits per heavy atom. The minimum atomic E-state index is -0.582. The third kappa shape index (κ3) is 13.9. The molecule has 1 saturated heterocycles. The smallest absolute Gasteiger partial charge is 0.246 e. The molecule has 2 unspecified atom stereocenters. The average molecular weight is 992 g/mol. The van der Waals surface area contributed by atoms with Crippen LogP contribution in [0.2, 0.25) is 0 Å². The van der Waals surface area contributed by atoms with Gasteiger partial charge in [0, 0.05) is 35.2 Å². The highest BCUT2D eigenvalue weighted by Crippen LogP contribution is 2.39. The van der Waals surface area contributed by atoms with Crippen LogP contribution in [0.4, 0.5) is 0 Å². The Balaban J connectivity index is 0.774. The topological polar surface area (TPSA) is 188 Å². The molecule has 2 fully saturated rings. The molecule has 4 aromatic rings. The number of nitrogens with zero attached hydrogens (tertiary/aromatic N) is 4. The number of hydrogen-bond donors (Lipinski definition) is 3. The summed E-state index contributed by atoms with van der Waals surface area (Å²) in [5.74, 6) is 6.44. The third-order valence-corrected chi connectivity index (χ3v) is 14.5. The highest BCUT2D eigenvalue weighted by Gasteiger charge is 2.40. The van der Waals surface area contributed by atoms with Crippen LogP contribution < -0.4 is 20.7 Å². The summed E-state index contributed by atoms with van der Waals surface area (Å²) in [5.41, 5.74) is 7.90. The number of benzene rings is 3. The Hall–Kier alpha value is -6.48. The first-order chi connectivity index (χ1) is 35.1. The van der Waals surface area contributed by atoms with Crippen LogP contribution in [-0.2, 0) is 30.3 Å². The SMILES string of the molecule is CNC(C)C(=O)N[C@H](C(=O)N1CCC[C@H]1c1nc(C(=O)c2cccc(OCCOCCOCCOCC#Cc3cccc(CNC4C(C)=C(C#N)C(c5ccc(C#N)cc5)=C4C)c3)c2)cs1)C1CCCCC1. The van der Waals surface area contributed by atoms with E-state index in [1.54, 1.807) is 55.7 Å². The van der Waals surface area contributed by atoms with E-state index in [4.69, 9.17) is 23.9 Å². The highest BCUT2D eigenvalue weighted by atomic mass is 32.1. The second-order valence-corrected chi connectivity index (χ2v) is 19.3. The van der Waals surface area contributed by atoms with Gasteiger partial charge in [0.2, 0.25) is 17.6 Å². The van der Waals surface area contributed by atoms with E-state index in [2.05, 4.69) is 39.9 Å². The maximum absolute atomic E-state index is 14.2. The number of hydrogen-bond acceptors (Lipinski definition) is 13. The molecular weight excluding hydrogens is 927 g/mol. The zero-order valence-corrected chi connectivity index (χ0v) is 42.6. The summed E-state index contributed by atoms with van der Waals surface area (Å²) in [7, 11) is 1.74. The van der Waals surface area contributed by atoms with E-state index >= 15 is 0 Å². The molecule has 0 radical (unpaired) electrons. The van der Waals surface area contributed by atoms with Crippen LogP contribution in [0.25, 0.3) is 5.57 Å². The lowest BCUT2D eigenvalue weighted by Gasteiger charge is -2.35. The number of ketones is 1. The van der Waals surface area contributed by atoms with Gasteiger partial charge in [0.05, 0.1) is 74.4 Å². The number of ether oxygens (including phenoxy) is 4. The first kappa shape index (κ1) is 53.3. The van der Waals surface area contributed by atoms with Gasteiger partial charge in [-0.25, -0.2) is 4.98 Å². The molecule has 4 atom stereocenters. The zero-order valence-electron chi connectivity index (χ0n) is 41.8. The molecule has 15 heteroatoms. The lowest BCUT2D eigenvalue weighted by molar-refractivity contribution is -0.139. The minimum absolute atomic E-state index is 0.0599. The number of allylic oxidation sites excluding steroid dienone is 2. The lowest BCUT2D eigenvalue weighted by atomic mass is 9.83. The molecule has 3 N–H and O–H groups in total. The molecule has 1 aromatic heterocycles. The van der Waals surface area contributed by atoms with Gasteiger partial charge in [-0.05, 0) is 118 Å². The van der Waals surface area contributed by atoms with Crippen molar-refractivity contribution in [3.05, 3.63) is 133 Å². The average Bonchev–Trinajstić information content (AvgIpc) is 4.16. The number of nitrogens with one attached hydrogen (secondary N) is 3. The van der Waals surface area contributed by atoms with Gasteiger partial charge in [0.25, 0.3) is 0 Å². The van der Waals surface area contributed by atoms with Gasteiger partial charge in [-0.2, -0.15) is 10.5 Å². The number of thiazole rings is 1. The van der Waals surface area contributed by atoms with E-state index in [1.807, 2.05) is 55.1 Å². The molecule has 14 nitrogen and oxygen atoms in total. The first-order valence-corrected chi connectivity index (χ1v) is 25.9. The maximum Gasteiger partial charge on any atom is 0.246 e. The number of nitriles is 2. The monoisotopic (exact) mass is 991 g/mol. The van der Waals surface area contributed by atoms with Crippen molar-refractivity contribution in [2.24, 2.45) is 5.92 Å². The number of carbonyl (C=O) groups excluding carboxylic acids is 3. The summed E-state index contributed by atoms with van der Waals surface area (Å²) in [4.78, 5) is 47.4. The molecular formula is C57H65N7O7S. The fraction of sp³-hybridized carbons (Fsp3) is 0.439. The standard InChI is InChI=1S/C57H65N7O7S/c1-38-48(35-59)51(44-22-20-42(34-58)21-23-44)39(2)52(38)61-36-43-13-8-12-41(32-43)14-11-25-68-26-27-69-28-29-70-30-31-71-47-18-9-17-46(33-47)54(65)49-37-72-56(62-49)50-19-10-24-64(50)57(67)53(45-15-6-5-7-16-45)63-55(66)40(3)60-4/h8-9,12-13,17-18,20-23,32-33,37,40,45,50,52-53,60-61H,5-7,10,15-16,19,24-31,36H2,1-4H3,(H,63,66)/t40?,50-,52?,53-/m0/s1. The molecule has 2 aliphatic carbocycles. The van der Waals surface area contributed by atoms with Gasteiger partial charge < -0.3 is 39.8 Å². The van der Waals surface area contributed by atoms with Gasteiger partial charge in [-0.15, -0.1) is 11.3 Å². The maximum atomic E-state index is 14.2. The third-order valence-electron chi connectivity index (χ3n) is 13.6. The number of aromatic nitrogens is 1. The minimum Gasteiger partial charge on any atom is -0.491 e. The highest BCUT2D eigenvalue weighted by molar-refractivity contribution is 7.10. The van der Waals surface area contributed by atoms with Crippen molar-refractivity contribution in [1.29, 1.82) is 10.5 Å². The summed E-state index contributed by atoms with van der Waals surface area (Å²) in [6.07, 6.45) is 6.66. The van der Waals surface area contributed by atoms with Crippen molar-refractivity contribution in [2.45, 2.75) is 96.4 Å². The molecule has 376 valence electrons. The van der Waals surface area contributed by atoms with E-state index in [0.717, 1.165) is 83.4 Å². The van der Waals surface area contributed by atoms with Gasteiger partial charge in [0.15, 0.2) is 0 Å². The predicted octanol–water partition coefficient (Wildman–Crippen LogP) is 7.85.